The minimum Gasteiger partial charge on any atom is -0.378 e. The maximum absolute atomic E-state index is 5.94. The van der Waals surface area contributed by atoms with Crippen LogP contribution in [0.4, 0.5) is 5.82 Å². The van der Waals surface area contributed by atoms with Crippen molar-refractivity contribution in [3.63, 3.8) is 0 Å². The summed E-state index contributed by atoms with van der Waals surface area (Å²) < 4.78 is 5.84. The lowest BCUT2D eigenvalue weighted by molar-refractivity contribution is 0.0251. The quantitative estimate of drug-likeness (QED) is 0.784. The number of rotatable bonds is 6. The molecule has 1 heterocycles. The molecule has 1 aliphatic carbocycles. The van der Waals surface area contributed by atoms with Crippen LogP contribution in [0.25, 0.3) is 0 Å². The Labute approximate surface area is 118 Å². The first-order valence-corrected chi connectivity index (χ1v) is 7.20. The topological polar surface area (TPSA) is 73.1 Å². The molecule has 3 N–H and O–H groups in total. The Bertz CT molecular complexity index is 383. The fraction of sp³-hybridized carbons (Fsp3) is 0.692. The van der Waals surface area contributed by atoms with Crippen LogP contribution in [0.2, 0.25) is 5.02 Å². The summed E-state index contributed by atoms with van der Waals surface area (Å²) in [6.45, 7) is 1.55. The molecule has 1 aliphatic rings. The van der Waals surface area contributed by atoms with Gasteiger partial charge in [-0.3, -0.25) is 0 Å². The lowest BCUT2D eigenvalue weighted by atomic mass is 9.94. The normalized spacial score (nSPS) is 23.3. The number of halogens is 1. The van der Waals surface area contributed by atoms with Crippen LogP contribution in [-0.4, -0.2) is 35.3 Å². The zero-order valence-corrected chi connectivity index (χ0v) is 11.8. The molecule has 106 valence electrons. The third kappa shape index (κ3) is 4.93. The van der Waals surface area contributed by atoms with Crippen molar-refractivity contribution in [3.05, 3.63) is 17.5 Å². The van der Waals surface area contributed by atoms with Gasteiger partial charge in [0.15, 0.2) is 0 Å². The van der Waals surface area contributed by atoms with Crippen molar-refractivity contribution < 1.29 is 4.74 Å². The van der Waals surface area contributed by atoms with E-state index in [1.807, 2.05) is 0 Å². The standard InChI is InChI=1S/C13H21ClN4O/c14-12-8-16-9-18-13(12)17-6-1-7-19-11-4-2-10(15)3-5-11/h8-11H,1-7,15H2,(H,16,17,18). The first kappa shape index (κ1) is 14.5. The average Bonchev–Trinajstić information content (AvgIpc) is 2.42. The number of hydrogen-bond acceptors (Lipinski definition) is 5. The predicted molar refractivity (Wildman–Crippen MR) is 76.3 cm³/mol. The minimum atomic E-state index is 0.376. The molecule has 2 rings (SSSR count). The van der Waals surface area contributed by atoms with E-state index in [1.165, 1.54) is 6.33 Å². The fourth-order valence-electron chi connectivity index (χ4n) is 2.23. The van der Waals surface area contributed by atoms with Gasteiger partial charge >= 0.3 is 0 Å². The molecule has 0 unspecified atom stereocenters. The Hall–Kier alpha value is -0.910. The molecule has 1 aromatic heterocycles. The summed E-state index contributed by atoms with van der Waals surface area (Å²) in [6.07, 6.45) is 8.73. The molecule has 5 nitrogen and oxygen atoms in total. The Morgan fingerprint density at radius 1 is 1.37 bits per heavy atom. The summed E-state index contributed by atoms with van der Waals surface area (Å²) in [7, 11) is 0. The lowest BCUT2D eigenvalue weighted by Gasteiger charge is -2.26. The smallest absolute Gasteiger partial charge is 0.148 e. The number of nitrogens with zero attached hydrogens (tertiary/aromatic N) is 2. The van der Waals surface area contributed by atoms with Crippen LogP contribution in [0.3, 0.4) is 0 Å². The van der Waals surface area contributed by atoms with Gasteiger partial charge in [0, 0.05) is 19.2 Å². The summed E-state index contributed by atoms with van der Waals surface area (Å²) in [5.41, 5.74) is 5.86. The van der Waals surface area contributed by atoms with E-state index in [4.69, 9.17) is 22.1 Å². The summed E-state index contributed by atoms with van der Waals surface area (Å²) in [6, 6.07) is 0.376. The minimum absolute atomic E-state index is 0.376. The van der Waals surface area contributed by atoms with Crippen LogP contribution in [0.1, 0.15) is 32.1 Å². The van der Waals surface area contributed by atoms with Crippen molar-refractivity contribution in [2.45, 2.75) is 44.2 Å². The summed E-state index contributed by atoms with van der Waals surface area (Å²) in [5, 5.41) is 3.72. The number of anilines is 1. The van der Waals surface area contributed by atoms with E-state index in [2.05, 4.69) is 15.3 Å². The molecule has 19 heavy (non-hydrogen) atoms. The van der Waals surface area contributed by atoms with E-state index in [1.54, 1.807) is 6.20 Å². The largest absolute Gasteiger partial charge is 0.378 e. The number of hydrogen-bond donors (Lipinski definition) is 2. The van der Waals surface area contributed by atoms with Crippen molar-refractivity contribution in [3.8, 4) is 0 Å². The number of nitrogens with two attached hydrogens (primary N) is 1. The van der Waals surface area contributed by atoms with Crippen molar-refractivity contribution in [1.29, 1.82) is 0 Å². The fourth-order valence-corrected chi connectivity index (χ4v) is 2.40. The molecule has 0 saturated heterocycles. The molecule has 0 amide bonds. The van der Waals surface area contributed by atoms with Crippen molar-refractivity contribution in [1.82, 2.24) is 9.97 Å². The lowest BCUT2D eigenvalue weighted by Crippen LogP contribution is -2.30. The highest BCUT2D eigenvalue weighted by Gasteiger charge is 2.18. The van der Waals surface area contributed by atoms with Gasteiger partial charge in [0.2, 0.25) is 0 Å². The molecule has 0 spiro atoms. The Kier molecular flexibility index (Phi) is 5.82. The van der Waals surface area contributed by atoms with Gasteiger partial charge in [0.1, 0.15) is 17.2 Å². The van der Waals surface area contributed by atoms with E-state index in [9.17, 15) is 0 Å². The molecule has 1 aromatic rings. The third-order valence-electron chi connectivity index (χ3n) is 3.35. The highest BCUT2D eigenvalue weighted by atomic mass is 35.5. The van der Waals surface area contributed by atoms with Crippen LogP contribution in [0.5, 0.6) is 0 Å². The number of aromatic nitrogens is 2. The SMILES string of the molecule is NC1CCC(OCCCNc2ncncc2Cl)CC1. The second kappa shape index (κ2) is 7.62. The maximum Gasteiger partial charge on any atom is 0.148 e. The van der Waals surface area contributed by atoms with Gasteiger partial charge in [-0.2, -0.15) is 0 Å². The van der Waals surface area contributed by atoms with Gasteiger partial charge < -0.3 is 15.8 Å². The van der Waals surface area contributed by atoms with Crippen LogP contribution < -0.4 is 11.1 Å². The molecule has 0 aromatic carbocycles. The monoisotopic (exact) mass is 284 g/mol. The van der Waals surface area contributed by atoms with Gasteiger partial charge in [-0.05, 0) is 32.1 Å². The van der Waals surface area contributed by atoms with E-state index in [-0.39, 0.29) is 0 Å². The maximum atomic E-state index is 5.94. The van der Waals surface area contributed by atoms with Crippen LogP contribution >= 0.6 is 11.6 Å². The van der Waals surface area contributed by atoms with Crippen molar-refractivity contribution in [2.24, 2.45) is 5.73 Å². The summed E-state index contributed by atoms with van der Waals surface area (Å²) in [4.78, 5) is 7.90. The highest BCUT2D eigenvalue weighted by molar-refractivity contribution is 6.32. The van der Waals surface area contributed by atoms with E-state index in [0.717, 1.165) is 45.3 Å². The first-order chi connectivity index (χ1) is 9.25. The van der Waals surface area contributed by atoms with Crippen LogP contribution in [0, 0.1) is 0 Å². The van der Waals surface area contributed by atoms with Gasteiger partial charge in [0.25, 0.3) is 0 Å². The molecule has 0 aliphatic heterocycles. The molecular weight excluding hydrogens is 264 g/mol. The number of ether oxygens (including phenoxy) is 1. The third-order valence-corrected chi connectivity index (χ3v) is 3.63. The number of nitrogens with one attached hydrogen (secondary N) is 1. The molecule has 0 atom stereocenters. The second-order valence-corrected chi connectivity index (χ2v) is 5.31. The van der Waals surface area contributed by atoms with Gasteiger partial charge in [-0.25, -0.2) is 9.97 Å². The first-order valence-electron chi connectivity index (χ1n) is 6.82. The summed E-state index contributed by atoms with van der Waals surface area (Å²) >= 11 is 5.94. The Balaban J connectivity index is 1.56. The van der Waals surface area contributed by atoms with Crippen molar-refractivity contribution >= 4 is 17.4 Å². The molecule has 0 radical (unpaired) electrons. The molecular formula is C13H21ClN4O. The zero-order chi connectivity index (χ0) is 13.5. The average molecular weight is 285 g/mol. The van der Waals surface area contributed by atoms with Crippen LogP contribution in [-0.2, 0) is 4.74 Å². The highest BCUT2D eigenvalue weighted by Crippen LogP contribution is 2.20. The van der Waals surface area contributed by atoms with Gasteiger partial charge in [0.05, 0.1) is 12.3 Å². The van der Waals surface area contributed by atoms with Crippen LogP contribution in [0.15, 0.2) is 12.5 Å². The molecule has 0 bridgehead atoms. The van der Waals surface area contributed by atoms with E-state index >= 15 is 0 Å². The zero-order valence-electron chi connectivity index (χ0n) is 11.0. The summed E-state index contributed by atoms with van der Waals surface area (Å²) in [5.74, 6) is 0.681. The van der Waals surface area contributed by atoms with E-state index < -0.39 is 0 Å². The molecule has 1 fully saturated rings. The van der Waals surface area contributed by atoms with Crippen molar-refractivity contribution in [2.75, 3.05) is 18.5 Å². The van der Waals surface area contributed by atoms with Gasteiger partial charge in [-0.1, -0.05) is 11.6 Å². The van der Waals surface area contributed by atoms with Gasteiger partial charge in [-0.15, -0.1) is 0 Å². The van der Waals surface area contributed by atoms with E-state index in [0.29, 0.717) is 23.0 Å². The molecule has 1 saturated carbocycles. The second-order valence-electron chi connectivity index (χ2n) is 4.91. The molecule has 6 heteroatoms. The Morgan fingerprint density at radius 3 is 2.89 bits per heavy atom. The Morgan fingerprint density at radius 2 is 2.16 bits per heavy atom. The predicted octanol–water partition coefficient (Wildman–Crippen LogP) is 2.22.